The summed E-state index contributed by atoms with van der Waals surface area (Å²) in [5, 5.41) is 25.8. The van der Waals surface area contributed by atoms with Gasteiger partial charge in [0, 0.05) is 11.4 Å². The first-order chi connectivity index (χ1) is 16.3. The van der Waals surface area contributed by atoms with Crippen LogP contribution in [0.1, 0.15) is 25.0 Å². The maximum absolute atomic E-state index is 12.7. The Balaban J connectivity index is 2.82. The van der Waals surface area contributed by atoms with E-state index in [4.69, 9.17) is 9.47 Å². The van der Waals surface area contributed by atoms with Gasteiger partial charge < -0.3 is 20.1 Å². The van der Waals surface area contributed by atoms with Crippen molar-refractivity contribution in [3.63, 3.8) is 0 Å². The molecule has 8 nitrogen and oxygen atoms in total. The molecule has 2 N–H and O–H groups in total. The molecule has 0 radical (unpaired) electrons. The Labute approximate surface area is 199 Å². The summed E-state index contributed by atoms with van der Waals surface area (Å²) in [5.74, 6) is -1.80. The first-order valence-corrected chi connectivity index (χ1v) is 10.6. The molecule has 0 saturated heterocycles. The van der Waals surface area contributed by atoms with Crippen molar-refractivity contribution in [2.24, 2.45) is 0 Å². The van der Waals surface area contributed by atoms with Crippen molar-refractivity contribution in [3.05, 3.63) is 82.2 Å². The predicted octanol–water partition coefficient (Wildman–Crippen LogP) is 4.51. The van der Waals surface area contributed by atoms with Crippen molar-refractivity contribution in [2.75, 3.05) is 23.8 Å². The number of carbonyl (C=O) groups excluding carboxylic acids is 2. The smallest absolute Gasteiger partial charge is 0.351 e. The SMILES string of the molecule is CCOC(=O)/C(C#N)=C(Nc1ccc(C)cc1)\C(Nc1ccc(C)cc1)=C(\C#N)C(=O)OCC. The molecule has 0 atom stereocenters. The summed E-state index contributed by atoms with van der Waals surface area (Å²) in [7, 11) is 0. The first-order valence-electron chi connectivity index (χ1n) is 10.6. The number of carbonyl (C=O) groups is 2. The maximum Gasteiger partial charge on any atom is 0.351 e. The van der Waals surface area contributed by atoms with E-state index in [0.29, 0.717) is 11.4 Å². The second-order valence-electron chi connectivity index (χ2n) is 7.15. The van der Waals surface area contributed by atoms with Gasteiger partial charge in [0.2, 0.25) is 0 Å². The lowest BCUT2D eigenvalue weighted by Gasteiger charge is -2.20. The standard InChI is InChI=1S/C26H26N4O4/c1-5-33-25(31)21(15-27)23(29-19-11-7-17(3)8-12-19)24(22(16-28)26(32)34-6-2)30-20-13-9-18(4)10-14-20/h7-14,29-30H,5-6H2,1-4H3/b23-21+,24-22+. The molecule has 8 heteroatoms. The van der Waals surface area contributed by atoms with Gasteiger partial charge in [-0.15, -0.1) is 0 Å². The minimum Gasteiger partial charge on any atom is -0.462 e. The fraction of sp³-hybridized carbons (Fsp3) is 0.231. The van der Waals surface area contributed by atoms with E-state index in [-0.39, 0.29) is 24.6 Å². The molecule has 174 valence electrons. The number of benzene rings is 2. The van der Waals surface area contributed by atoms with Crippen molar-refractivity contribution in [3.8, 4) is 12.1 Å². The van der Waals surface area contributed by atoms with Crippen LogP contribution in [0.2, 0.25) is 0 Å². The lowest BCUT2D eigenvalue weighted by Crippen LogP contribution is -2.22. The van der Waals surface area contributed by atoms with E-state index in [1.807, 2.05) is 50.3 Å². The Hall–Kier alpha value is -4.56. The van der Waals surface area contributed by atoms with Crippen LogP contribution >= 0.6 is 0 Å². The third kappa shape index (κ3) is 6.72. The van der Waals surface area contributed by atoms with Crippen LogP contribution in [0.15, 0.2) is 71.1 Å². The van der Waals surface area contributed by atoms with Crippen molar-refractivity contribution in [2.45, 2.75) is 27.7 Å². The molecule has 0 spiro atoms. The molecule has 0 aromatic heterocycles. The number of nitriles is 2. The number of nitrogens with one attached hydrogen (secondary N) is 2. The predicted molar refractivity (Wildman–Crippen MR) is 128 cm³/mol. The number of hydrogen-bond donors (Lipinski definition) is 2. The van der Waals surface area contributed by atoms with Gasteiger partial charge in [0.25, 0.3) is 0 Å². The molecule has 0 fully saturated rings. The van der Waals surface area contributed by atoms with E-state index in [2.05, 4.69) is 10.6 Å². The highest BCUT2D eigenvalue weighted by Crippen LogP contribution is 2.26. The minimum absolute atomic E-state index is 0.0370. The third-order valence-electron chi connectivity index (χ3n) is 4.57. The molecule has 0 bridgehead atoms. The van der Waals surface area contributed by atoms with Gasteiger partial charge in [-0.1, -0.05) is 35.4 Å². The number of ether oxygens (including phenoxy) is 2. The van der Waals surface area contributed by atoms with Crippen LogP contribution in [0.5, 0.6) is 0 Å². The molecule has 0 unspecified atom stereocenters. The van der Waals surface area contributed by atoms with E-state index in [1.165, 1.54) is 0 Å². The molecule has 2 rings (SSSR count). The van der Waals surface area contributed by atoms with Crippen LogP contribution in [0.25, 0.3) is 0 Å². The van der Waals surface area contributed by atoms with Gasteiger partial charge in [-0.25, -0.2) is 9.59 Å². The highest BCUT2D eigenvalue weighted by Gasteiger charge is 2.27. The largest absolute Gasteiger partial charge is 0.462 e. The van der Waals surface area contributed by atoms with E-state index < -0.39 is 23.1 Å². The van der Waals surface area contributed by atoms with Crippen molar-refractivity contribution < 1.29 is 19.1 Å². The van der Waals surface area contributed by atoms with Gasteiger partial charge in [-0.3, -0.25) is 0 Å². The molecule has 0 aliphatic heterocycles. The first kappa shape index (κ1) is 25.7. The number of aryl methyl sites for hydroxylation is 2. The Morgan fingerprint density at radius 2 is 1.03 bits per heavy atom. The highest BCUT2D eigenvalue weighted by atomic mass is 16.5. The molecule has 0 saturated carbocycles. The summed E-state index contributed by atoms with van der Waals surface area (Å²) in [6, 6.07) is 18.0. The summed E-state index contributed by atoms with van der Waals surface area (Å²) in [4.78, 5) is 25.4. The summed E-state index contributed by atoms with van der Waals surface area (Å²) >= 11 is 0. The second-order valence-corrected chi connectivity index (χ2v) is 7.15. The highest BCUT2D eigenvalue weighted by molar-refractivity contribution is 5.99. The maximum atomic E-state index is 12.7. The van der Waals surface area contributed by atoms with Crippen LogP contribution < -0.4 is 10.6 Å². The monoisotopic (exact) mass is 458 g/mol. The lowest BCUT2D eigenvalue weighted by molar-refractivity contribution is -0.139. The van der Waals surface area contributed by atoms with E-state index in [0.717, 1.165) is 11.1 Å². The number of rotatable bonds is 9. The van der Waals surface area contributed by atoms with E-state index in [9.17, 15) is 20.1 Å². The van der Waals surface area contributed by atoms with Crippen molar-refractivity contribution >= 4 is 23.3 Å². The summed E-state index contributed by atoms with van der Waals surface area (Å²) in [5.41, 5.74) is 2.07. The van der Waals surface area contributed by atoms with Gasteiger partial charge in [0.15, 0.2) is 11.1 Å². The second kappa shape index (κ2) is 12.5. The zero-order valence-electron chi connectivity index (χ0n) is 19.6. The number of anilines is 2. The Morgan fingerprint density at radius 3 is 1.29 bits per heavy atom. The van der Waals surface area contributed by atoms with Gasteiger partial charge in [0.1, 0.15) is 12.1 Å². The molecular weight excluding hydrogens is 432 g/mol. The lowest BCUT2D eigenvalue weighted by atomic mass is 10.1. The average molecular weight is 459 g/mol. The Bertz CT molecular complexity index is 1090. The summed E-state index contributed by atoms with van der Waals surface area (Å²) in [6.45, 7) is 7.13. The third-order valence-corrected chi connectivity index (χ3v) is 4.57. The van der Waals surface area contributed by atoms with Crippen LogP contribution in [0.3, 0.4) is 0 Å². The number of esters is 2. The van der Waals surface area contributed by atoms with Gasteiger partial charge >= 0.3 is 11.9 Å². The van der Waals surface area contributed by atoms with Crippen LogP contribution in [0.4, 0.5) is 11.4 Å². The van der Waals surface area contributed by atoms with Crippen molar-refractivity contribution in [1.82, 2.24) is 0 Å². The molecule has 2 aromatic carbocycles. The topological polar surface area (TPSA) is 124 Å². The molecule has 2 aromatic rings. The fourth-order valence-electron chi connectivity index (χ4n) is 2.88. The normalized spacial score (nSPS) is 11.7. The molecular formula is C26H26N4O4. The summed E-state index contributed by atoms with van der Waals surface area (Å²) in [6.07, 6.45) is 0. The molecule has 0 heterocycles. The van der Waals surface area contributed by atoms with E-state index >= 15 is 0 Å². The number of hydrogen-bond acceptors (Lipinski definition) is 8. The molecule has 0 amide bonds. The molecule has 34 heavy (non-hydrogen) atoms. The quantitative estimate of drug-likeness (QED) is 0.243. The summed E-state index contributed by atoms with van der Waals surface area (Å²) < 4.78 is 10.1. The fourth-order valence-corrected chi connectivity index (χ4v) is 2.88. The molecule has 0 aliphatic carbocycles. The van der Waals surface area contributed by atoms with Gasteiger partial charge in [-0.05, 0) is 52.0 Å². The minimum atomic E-state index is -0.899. The average Bonchev–Trinajstić information content (AvgIpc) is 2.82. The van der Waals surface area contributed by atoms with Gasteiger partial charge in [-0.2, -0.15) is 10.5 Å². The van der Waals surface area contributed by atoms with Crippen LogP contribution in [-0.2, 0) is 19.1 Å². The van der Waals surface area contributed by atoms with E-state index in [1.54, 1.807) is 38.1 Å². The van der Waals surface area contributed by atoms with Gasteiger partial charge in [0.05, 0.1) is 24.6 Å². The zero-order chi connectivity index (χ0) is 25.1. The zero-order valence-corrected chi connectivity index (χ0v) is 19.6. The van der Waals surface area contributed by atoms with Crippen LogP contribution in [-0.4, -0.2) is 25.2 Å². The molecule has 0 aliphatic rings. The Morgan fingerprint density at radius 1 is 0.706 bits per heavy atom. The Kier molecular flexibility index (Phi) is 9.43. The number of nitrogens with zero attached hydrogens (tertiary/aromatic N) is 2. The van der Waals surface area contributed by atoms with Crippen molar-refractivity contribution in [1.29, 1.82) is 10.5 Å². The van der Waals surface area contributed by atoms with Crippen LogP contribution in [0, 0.1) is 36.5 Å².